The molecule has 0 radical (unpaired) electrons. The maximum absolute atomic E-state index is 13.0. The van der Waals surface area contributed by atoms with Crippen molar-refractivity contribution in [2.45, 2.75) is 147 Å². The minimum absolute atomic E-state index is 0.0456. The molecule has 70 heavy (non-hydrogen) atoms. The van der Waals surface area contributed by atoms with Crippen LogP contribution in [0.1, 0.15) is 147 Å². The molecule has 0 atom stereocenters. The van der Waals surface area contributed by atoms with Gasteiger partial charge in [0.15, 0.2) is 0 Å². The quantitative estimate of drug-likeness (QED) is 0.0369. The van der Waals surface area contributed by atoms with Crippen LogP contribution in [0.3, 0.4) is 0 Å². The van der Waals surface area contributed by atoms with Gasteiger partial charge in [-0.3, -0.25) is 23.9 Å². The molecule has 21 heteroatoms. The molecule has 2 rings (SSSR count). The summed E-state index contributed by atoms with van der Waals surface area (Å²) in [5, 5.41) is 16.6. The summed E-state index contributed by atoms with van der Waals surface area (Å²) in [6, 6.07) is 6.20. The van der Waals surface area contributed by atoms with Gasteiger partial charge in [-0.2, -0.15) is 0 Å². The number of aliphatic carboxylic acids is 1. The highest BCUT2D eigenvalue weighted by Crippen LogP contribution is 2.20. The average Bonchev–Trinajstić information content (AvgIpc) is 3.31. The molecule has 0 saturated carbocycles. The second-order valence-electron chi connectivity index (χ2n) is 17.6. The molecule has 20 nitrogen and oxygen atoms in total. The largest absolute Gasteiger partial charge is 0.494 e. The number of sulfonamides is 1. The molecule has 0 unspecified atom stereocenters. The highest BCUT2D eigenvalue weighted by molar-refractivity contribution is 7.92. The smallest absolute Gasteiger partial charge is 0.329 e. The van der Waals surface area contributed by atoms with E-state index in [9.17, 15) is 32.4 Å². The van der Waals surface area contributed by atoms with Gasteiger partial charge in [0.05, 0.1) is 69.2 Å². The first-order chi connectivity index (χ1) is 33.6. The molecule has 3 amide bonds. The van der Waals surface area contributed by atoms with Gasteiger partial charge in [0.25, 0.3) is 15.9 Å². The van der Waals surface area contributed by atoms with Crippen LogP contribution >= 0.6 is 0 Å². The Balaban J connectivity index is 1.43. The number of amides is 3. The summed E-state index contributed by atoms with van der Waals surface area (Å²) >= 11 is 0. The second kappa shape index (κ2) is 37.8. The van der Waals surface area contributed by atoms with Crippen molar-refractivity contribution in [3.63, 3.8) is 0 Å². The SMILES string of the molecule is CC(C)(C)OC(=O)CCCCCCCCCCCCCCCOc1ccc(S(=O)(=O)Nc2cnc(C(=O)NCCCCCC(=O)NCCOCCOCC(=O)NCCOCCOCC(=O)O)nc2)cc1. The van der Waals surface area contributed by atoms with E-state index in [4.69, 9.17) is 33.5 Å². The van der Waals surface area contributed by atoms with E-state index >= 15 is 0 Å². The summed E-state index contributed by atoms with van der Waals surface area (Å²) < 4.78 is 60.3. The van der Waals surface area contributed by atoms with Gasteiger partial charge in [-0.25, -0.2) is 23.2 Å². The molecule has 0 aliphatic heterocycles. The van der Waals surface area contributed by atoms with Crippen LogP contribution < -0.4 is 25.4 Å². The number of hydrogen-bond acceptors (Lipinski definition) is 15. The number of carbonyl (C=O) groups is 5. The van der Waals surface area contributed by atoms with E-state index in [0.717, 1.165) is 32.1 Å². The van der Waals surface area contributed by atoms with Crippen LogP contribution in [0.5, 0.6) is 5.75 Å². The third-order valence-corrected chi connectivity index (χ3v) is 11.6. The number of esters is 1. The van der Waals surface area contributed by atoms with Crippen LogP contribution in [0.4, 0.5) is 5.69 Å². The van der Waals surface area contributed by atoms with Gasteiger partial charge in [0.2, 0.25) is 17.6 Å². The highest BCUT2D eigenvalue weighted by Gasteiger charge is 2.17. The lowest BCUT2D eigenvalue weighted by Crippen LogP contribution is -2.31. The van der Waals surface area contributed by atoms with Gasteiger partial charge in [-0.1, -0.05) is 77.0 Å². The molecular weight excluding hydrogens is 929 g/mol. The number of benzene rings is 1. The molecule has 2 aromatic rings. The maximum atomic E-state index is 13.0. The normalized spacial score (nSPS) is 11.5. The summed E-state index contributed by atoms with van der Waals surface area (Å²) in [5.74, 6) is -1.60. The summed E-state index contributed by atoms with van der Waals surface area (Å²) in [4.78, 5) is 66.6. The summed E-state index contributed by atoms with van der Waals surface area (Å²) in [6.45, 7) is 8.04. The van der Waals surface area contributed by atoms with Crippen LogP contribution in [0.25, 0.3) is 0 Å². The molecule has 0 spiro atoms. The Morgan fingerprint density at radius 2 is 1.06 bits per heavy atom. The molecular formula is C49H80N6O14S. The van der Waals surface area contributed by atoms with Crippen molar-refractivity contribution in [3.8, 4) is 5.75 Å². The molecule has 1 heterocycles. The van der Waals surface area contributed by atoms with Crippen LogP contribution in [0.2, 0.25) is 0 Å². The Morgan fingerprint density at radius 1 is 0.557 bits per heavy atom. The summed E-state index contributed by atoms with van der Waals surface area (Å²) in [7, 11) is -3.94. The minimum atomic E-state index is -3.94. The monoisotopic (exact) mass is 1010 g/mol. The fourth-order valence-corrected chi connectivity index (χ4v) is 7.65. The third-order valence-electron chi connectivity index (χ3n) is 10.2. The van der Waals surface area contributed by atoms with Gasteiger partial charge < -0.3 is 49.5 Å². The van der Waals surface area contributed by atoms with Crippen molar-refractivity contribution in [1.29, 1.82) is 0 Å². The number of carboxylic acids is 1. The van der Waals surface area contributed by atoms with E-state index in [1.54, 1.807) is 12.1 Å². The van der Waals surface area contributed by atoms with E-state index in [1.807, 2.05) is 20.8 Å². The lowest BCUT2D eigenvalue weighted by atomic mass is 10.0. The first kappa shape index (κ1) is 61.2. The molecule has 1 aromatic carbocycles. The first-order valence-electron chi connectivity index (χ1n) is 24.8. The van der Waals surface area contributed by atoms with Gasteiger partial charge in [-0.15, -0.1) is 0 Å². The average molecular weight is 1010 g/mol. The van der Waals surface area contributed by atoms with Crippen LogP contribution in [0.15, 0.2) is 41.6 Å². The summed E-state index contributed by atoms with van der Waals surface area (Å²) in [6.07, 6.45) is 20.3. The maximum Gasteiger partial charge on any atom is 0.329 e. The zero-order chi connectivity index (χ0) is 51.1. The molecule has 0 bridgehead atoms. The molecule has 0 fully saturated rings. The van der Waals surface area contributed by atoms with Gasteiger partial charge >= 0.3 is 11.9 Å². The van der Waals surface area contributed by atoms with E-state index in [0.29, 0.717) is 57.6 Å². The molecule has 0 saturated heterocycles. The number of hydrogen-bond donors (Lipinski definition) is 5. The van der Waals surface area contributed by atoms with E-state index in [1.165, 1.54) is 75.9 Å². The zero-order valence-electron chi connectivity index (χ0n) is 41.7. The third kappa shape index (κ3) is 33.6. The number of anilines is 1. The number of aromatic nitrogens is 2. The number of rotatable bonds is 43. The fourth-order valence-electron chi connectivity index (χ4n) is 6.62. The number of unbranched alkanes of at least 4 members (excludes halogenated alkanes) is 14. The standard InChI is InChI=1S/C49H80N6O14S/c1-49(2,3)69-46(60)21-17-13-11-9-7-5-4-6-8-10-12-14-19-29-68-41-22-24-42(25-23-41)70(62,63)55-40-36-53-47(54-37-40)48(61)52-26-18-15-16-20-43(56)50-27-30-64-32-34-66-38-44(57)51-28-31-65-33-35-67-39-45(58)59/h22-25,36-37,55H,4-21,26-35,38-39H2,1-3H3,(H,50,56)(H,51,57)(H,52,61)(H,58,59). The van der Waals surface area contributed by atoms with Crippen molar-refractivity contribution >= 4 is 45.4 Å². The van der Waals surface area contributed by atoms with Gasteiger partial charge in [0.1, 0.15) is 24.6 Å². The van der Waals surface area contributed by atoms with Gasteiger partial charge in [0, 0.05) is 32.5 Å². The Hall–Kier alpha value is -4.96. The molecule has 396 valence electrons. The van der Waals surface area contributed by atoms with Crippen molar-refractivity contribution in [2.24, 2.45) is 0 Å². The van der Waals surface area contributed by atoms with E-state index < -0.39 is 27.5 Å². The molecule has 0 aliphatic carbocycles. The number of nitrogens with one attached hydrogen (secondary N) is 4. The predicted octanol–water partition coefficient (Wildman–Crippen LogP) is 6.13. The molecule has 1 aromatic heterocycles. The topological polar surface area (TPSA) is 269 Å². The van der Waals surface area contributed by atoms with Crippen LogP contribution in [-0.4, -0.2) is 138 Å². The Labute approximate surface area is 414 Å². The van der Waals surface area contributed by atoms with Crippen molar-refractivity contribution < 1.29 is 65.9 Å². The van der Waals surface area contributed by atoms with Crippen molar-refractivity contribution in [2.75, 3.05) is 83.8 Å². The number of carbonyl (C=O) groups excluding carboxylic acids is 4. The Kier molecular flexibility index (Phi) is 33.0. The number of ether oxygens (including phenoxy) is 6. The Bertz CT molecular complexity index is 1870. The highest BCUT2D eigenvalue weighted by atomic mass is 32.2. The first-order valence-corrected chi connectivity index (χ1v) is 26.3. The zero-order valence-corrected chi connectivity index (χ0v) is 42.6. The molecule has 5 N–H and O–H groups in total. The second-order valence-corrected chi connectivity index (χ2v) is 19.3. The van der Waals surface area contributed by atoms with E-state index in [-0.39, 0.29) is 93.6 Å². The lowest BCUT2D eigenvalue weighted by Gasteiger charge is -2.19. The minimum Gasteiger partial charge on any atom is -0.494 e. The number of carboxylic acid groups (broad SMARTS) is 1. The van der Waals surface area contributed by atoms with E-state index in [2.05, 4.69) is 30.6 Å². The predicted molar refractivity (Wildman–Crippen MR) is 263 cm³/mol. The number of nitrogens with zero attached hydrogens (tertiary/aromatic N) is 2. The molecule has 0 aliphatic rings. The van der Waals surface area contributed by atoms with Gasteiger partial charge in [-0.05, 0) is 70.7 Å². The van der Waals surface area contributed by atoms with Crippen LogP contribution in [0, 0.1) is 0 Å². The fraction of sp³-hybridized carbons (Fsp3) is 0.694. The summed E-state index contributed by atoms with van der Waals surface area (Å²) in [5.41, 5.74) is -0.301. The van der Waals surface area contributed by atoms with Crippen molar-refractivity contribution in [1.82, 2.24) is 25.9 Å². The van der Waals surface area contributed by atoms with Crippen molar-refractivity contribution in [3.05, 3.63) is 42.5 Å². The lowest BCUT2D eigenvalue weighted by molar-refractivity contribution is -0.155. The van der Waals surface area contributed by atoms with Crippen LogP contribution in [-0.2, 0) is 52.9 Å². The Morgan fingerprint density at radius 3 is 1.63 bits per heavy atom.